The number of aliphatic hydroxyl groups is 1. The fourth-order valence-corrected chi connectivity index (χ4v) is 8.89. The third-order valence-electron chi connectivity index (χ3n) is 10.7. The van der Waals surface area contributed by atoms with Gasteiger partial charge in [0.2, 0.25) is 0 Å². The maximum atomic E-state index is 12.5. The Bertz CT molecular complexity index is 1010. The van der Waals surface area contributed by atoms with Gasteiger partial charge >= 0.3 is 5.97 Å². The molecule has 0 radical (unpaired) electrons. The molecule has 0 unspecified atom stereocenters. The number of hydrogen-bond donors (Lipinski definition) is 2. The van der Waals surface area contributed by atoms with Crippen molar-refractivity contribution in [2.75, 3.05) is 13.2 Å². The number of aliphatic hydroxyl groups excluding tert-OH is 1. The number of rotatable bonds is 5. The highest BCUT2D eigenvalue weighted by Gasteiger charge is 2.59. The van der Waals surface area contributed by atoms with Crippen LogP contribution in [0, 0.1) is 34.5 Å². The standard InChI is InChI=1S/C28H40N2O6/c1-16(31)21-6-7-22-20-5-4-17-12-18(8-10-27(17,2)23(20)9-11-28(21,22)3)29-36-15-25(33)30-14-19(32)13-24(30)26(34)35/h12,19-24,32H,4-11,13-15H2,1-3H3,(H,34,35)/b29-18-/t19-,20+,21+,22-,23+,24+,27+,28-/m1/s1. The topological polar surface area (TPSA) is 117 Å². The Morgan fingerprint density at radius 3 is 2.61 bits per heavy atom. The summed E-state index contributed by atoms with van der Waals surface area (Å²) < 4.78 is 0. The summed E-state index contributed by atoms with van der Waals surface area (Å²) in [6, 6.07) is -1.01. The number of carbonyl (C=O) groups is 3. The summed E-state index contributed by atoms with van der Waals surface area (Å²) in [5, 5.41) is 23.3. The number of likely N-dealkylation sites (tertiary alicyclic amines) is 1. The minimum Gasteiger partial charge on any atom is -0.480 e. The van der Waals surface area contributed by atoms with Crippen LogP contribution in [0.2, 0.25) is 0 Å². The second kappa shape index (κ2) is 9.26. The van der Waals surface area contributed by atoms with Crippen LogP contribution >= 0.6 is 0 Å². The molecule has 5 aliphatic rings. The number of fused-ring (bicyclic) bond motifs is 5. The molecular weight excluding hydrogens is 460 g/mol. The highest BCUT2D eigenvalue weighted by molar-refractivity contribution is 5.96. The smallest absolute Gasteiger partial charge is 0.326 e. The second-order valence-electron chi connectivity index (χ2n) is 12.4. The Hall–Kier alpha value is -2.22. The van der Waals surface area contributed by atoms with Gasteiger partial charge in [-0.3, -0.25) is 9.59 Å². The molecule has 5 rings (SSSR count). The van der Waals surface area contributed by atoms with Gasteiger partial charge in [0.1, 0.15) is 11.8 Å². The van der Waals surface area contributed by atoms with E-state index in [1.807, 2.05) is 0 Å². The van der Waals surface area contributed by atoms with E-state index in [0.29, 0.717) is 23.5 Å². The molecule has 3 saturated carbocycles. The fraction of sp³-hybridized carbons (Fsp3) is 0.786. The fourth-order valence-electron chi connectivity index (χ4n) is 8.89. The normalized spacial score (nSPS) is 42.8. The van der Waals surface area contributed by atoms with E-state index >= 15 is 0 Å². The van der Waals surface area contributed by atoms with Gasteiger partial charge in [0.25, 0.3) is 5.91 Å². The molecule has 0 aromatic carbocycles. The van der Waals surface area contributed by atoms with Crippen LogP contribution in [0.25, 0.3) is 0 Å². The van der Waals surface area contributed by atoms with Crippen molar-refractivity contribution in [1.29, 1.82) is 0 Å². The number of amides is 1. The molecule has 0 aromatic heterocycles. The van der Waals surface area contributed by atoms with Crippen molar-refractivity contribution in [2.24, 2.45) is 39.7 Å². The van der Waals surface area contributed by atoms with E-state index in [1.54, 1.807) is 6.92 Å². The van der Waals surface area contributed by atoms with Crippen molar-refractivity contribution in [3.05, 3.63) is 11.6 Å². The molecule has 4 fully saturated rings. The average molecular weight is 501 g/mol. The lowest BCUT2D eigenvalue weighted by atomic mass is 9.46. The first kappa shape index (κ1) is 25.4. The monoisotopic (exact) mass is 500 g/mol. The van der Waals surface area contributed by atoms with E-state index in [4.69, 9.17) is 4.84 Å². The maximum absolute atomic E-state index is 12.5. The third-order valence-corrected chi connectivity index (χ3v) is 10.7. The number of ketones is 1. The van der Waals surface area contributed by atoms with Gasteiger partial charge in [-0.25, -0.2) is 4.79 Å². The zero-order valence-corrected chi connectivity index (χ0v) is 21.7. The second-order valence-corrected chi connectivity index (χ2v) is 12.4. The SMILES string of the molecule is CC(=O)[C@@H]1CC[C@@H]2[C@@H]3CCC4=C/C(=N\OCC(=O)N5C[C@H](O)C[C@H]5C(=O)O)CC[C@]4(C)[C@H]3CC[C@@]21C. The Morgan fingerprint density at radius 2 is 1.89 bits per heavy atom. The van der Waals surface area contributed by atoms with E-state index in [1.165, 1.54) is 23.3 Å². The summed E-state index contributed by atoms with van der Waals surface area (Å²) in [6.45, 7) is 6.26. The average Bonchev–Trinajstić information content (AvgIpc) is 3.39. The van der Waals surface area contributed by atoms with Gasteiger partial charge in [0, 0.05) is 18.9 Å². The number of allylic oxidation sites excluding steroid dienone is 2. The van der Waals surface area contributed by atoms with Crippen molar-refractivity contribution >= 4 is 23.4 Å². The van der Waals surface area contributed by atoms with E-state index < -0.39 is 24.0 Å². The van der Waals surface area contributed by atoms with Crippen LogP contribution in [0.15, 0.2) is 16.8 Å². The lowest BCUT2D eigenvalue weighted by Crippen LogP contribution is -2.51. The highest BCUT2D eigenvalue weighted by Crippen LogP contribution is 2.66. The molecule has 0 spiro atoms. The number of nitrogens with zero attached hydrogens (tertiary/aromatic N) is 2. The molecule has 0 bridgehead atoms. The highest BCUT2D eigenvalue weighted by atomic mass is 16.6. The number of carbonyl (C=O) groups excluding carboxylic acids is 2. The van der Waals surface area contributed by atoms with Crippen molar-refractivity contribution in [2.45, 2.75) is 90.7 Å². The van der Waals surface area contributed by atoms with Crippen LogP contribution < -0.4 is 0 Å². The van der Waals surface area contributed by atoms with Gasteiger partial charge in [-0.05, 0) is 93.0 Å². The number of hydrogen-bond acceptors (Lipinski definition) is 6. The number of oxime groups is 1. The zero-order chi connectivity index (χ0) is 25.8. The summed E-state index contributed by atoms with van der Waals surface area (Å²) in [5.74, 6) is 0.982. The first-order valence-electron chi connectivity index (χ1n) is 13.6. The zero-order valence-electron chi connectivity index (χ0n) is 21.7. The molecular formula is C28H40N2O6. The van der Waals surface area contributed by atoms with Crippen molar-refractivity contribution in [1.82, 2.24) is 4.90 Å². The Morgan fingerprint density at radius 1 is 1.11 bits per heavy atom. The van der Waals surface area contributed by atoms with Crippen LogP contribution in [-0.2, 0) is 19.2 Å². The van der Waals surface area contributed by atoms with Gasteiger partial charge in [-0.15, -0.1) is 0 Å². The third kappa shape index (κ3) is 4.09. The van der Waals surface area contributed by atoms with Crippen LogP contribution in [0.1, 0.15) is 78.6 Å². The maximum Gasteiger partial charge on any atom is 0.326 e. The molecule has 8 nitrogen and oxygen atoms in total. The van der Waals surface area contributed by atoms with E-state index in [2.05, 4.69) is 25.1 Å². The van der Waals surface area contributed by atoms with Crippen LogP contribution in [0.3, 0.4) is 0 Å². The summed E-state index contributed by atoms with van der Waals surface area (Å²) >= 11 is 0. The molecule has 1 heterocycles. The van der Waals surface area contributed by atoms with E-state index in [0.717, 1.165) is 44.2 Å². The van der Waals surface area contributed by atoms with Crippen LogP contribution in [0.5, 0.6) is 0 Å². The predicted octanol–water partition coefficient (Wildman–Crippen LogP) is 3.57. The lowest BCUT2D eigenvalue weighted by molar-refractivity contribution is -0.150. The Balaban J connectivity index is 1.24. The molecule has 1 saturated heterocycles. The van der Waals surface area contributed by atoms with Crippen LogP contribution in [-0.4, -0.2) is 63.8 Å². The molecule has 198 valence electrons. The number of β-amino-alcohol motifs (C(OH)–C–C–N with tert-alkyl or cyclic N) is 1. The molecule has 2 N–H and O–H groups in total. The summed E-state index contributed by atoms with van der Waals surface area (Å²) in [7, 11) is 0. The molecule has 4 aliphatic carbocycles. The minimum absolute atomic E-state index is 0.00783. The number of carboxylic acid groups (broad SMARTS) is 1. The van der Waals surface area contributed by atoms with Crippen molar-refractivity contribution < 1.29 is 29.4 Å². The van der Waals surface area contributed by atoms with Gasteiger partial charge in [0.05, 0.1) is 11.8 Å². The van der Waals surface area contributed by atoms with Crippen molar-refractivity contribution in [3.8, 4) is 0 Å². The summed E-state index contributed by atoms with van der Waals surface area (Å²) in [4.78, 5) is 42.8. The van der Waals surface area contributed by atoms with Gasteiger partial charge in [-0.1, -0.05) is 24.6 Å². The van der Waals surface area contributed by atoms with E-state index in [9.17, 15) is 24.6 Å². The number of Topliss-reactive ketones (excluding diaryl/α,β-unsaturated/α-hetero) is 1. The van der Waals surface area contributed by atoms with Gasteiger partial charge in [-0.2, -0.15) is 0 Å². The van der Waals surface area contributed by atoms with E-state index in [-0.39, 0.29) is 36.3 Å². The number of aliphatic carboxylic acids is 1. The molecule has 36 heavy (non-hydrogen) atoms. The first-order valence-corrected chi connectivity index (χ1v) is 13.6. The number of carboxylic acids is 1. The predicted molar refractivity (Wildman–Crippen MR) is 133 cm³/mol. The quantitative estimate of drug-likeness (QED) is 0.558. The molecule has 8 atom stereocenters. The molecule has 8 heteroatoms. The lowest BCUT2D eigenvalue weighted by Gasteiger charge is -2.58. The largest absolute Gasteiger partial charge is 0.480 e. The van der Waals surface area contributed by atoms with Crippen LogP contribution in [0.4, 0.5) is 0 Å². The summed E-state index contributed by atoms with van der Waals surface area (Å²) in [5.41, 5.74) is 2.58. The summed E-state index contributed by atoms with van der Waals surface area (Å²) in [6.07, 6.45) is 9.94. The molecule has 0 aromatic rings. The van der Waals surface area contributed by atoms with Gasteiger partial charge < -0.3 is 20.0 Å². The molecule has 1 amide bonds. The van der Waals surface area contributed by atoms with Gasteiger partial charge in [0.15, 0.2) is 6.61 Å². The molecule has 1 aliphatic heterocycles. The first-order chi connectivity index (χ1) is 17.0. The Kier molecular flexibility index (Phi) is 6.54. The van der Waals surface area contributed by atoms with Crippen molar-refractivity contribution in [3.63, 3.8) is 0 Å². The Labute approximate surface area is 213 Å². The minimum atomic E-state index is -1.12.